The summed E-state index contributed by atoms with van der Waals surface area (Å²) in [6.07, 6.45) is -4.93. The highest BCUT2D eigenvalue weighted by atomic mass is 19.4. The summed E-state index contributed by atoms with van der Waals surface area (Å²) >= 11 is 0. The first-order valence-electron chi connectivity index (χ1n) is 3.90. The summed E-state index contributed by atoms with van der Waals surface area (Å²) in [7, 11) is 0. The second kappa shape index (κ2) is 4.33. The fourth-order valence-corrected chi connectivity index (χ4v) is 0.981. The van der Waals surface area contributed by atoms with Gasteiger partial charge in [0.2, 0.25) is 0 Å². The molecule has 8 heteroatoms. The standard InChI is InChI=1S/C8H5F4NO3/c9-2-5-4(3-14)1-6(7(15)13-5)16-8(10,11)12/h1,3H,2H2,(H,13,15). The molecule has 4 nitrogen and oxygen atoms in total. The Bertz CT molecular complexity index is 452. The van der Waals surface area contributed by atoms with Crippen LogP contribution >= 0.6 is 0 Å². The maximum absolute atomic E-state index is 12.2. The molecule has 0 aromatic carbocycles. The van der Waals surface area contributed by atoms with E-state index in [1.165, 1.54) is 0 Å². The van der Waals surface area contributed by atoms with Crippen LogP contribution in [0.15, 0.2) is 10.9 Å². The van der Waals surface area contributed by atoms with Crippen LogP contribution in [0.5, 0.6) is 5.75 Å². The molecule has 0 aliphatic carbocycles. The van der Waals surface area contributed by atoms with E-state index in [9.17, 15) is 27.2 Å². The number of alkyl halides is 4. The molecule has 0 amide bonds. The Labute approximate surface area is 85.8 Å². The number of pyridine rings is 1. The van der Waals surface area contributed by atoms with E-state index in [-0.39, 0.29) is 6.29 Å². The lowest BCUT2D eigenvalue weighted by atomic mass is 10.2. The van der Waals surface area contributed by atoms with E-state index in [2.05, 4.69) is 4.74 Å². The molecule has 16 heavy (non-hydrogen) atoms. The number of nitrogens with one attached hydrogen (secondary N) is 1. The lowest BCUT2D eigenvalue weighted by Crippen LogP contribution is -2.23. The molecule has 0 aliphatic rings. The van der Waals surface area contributed by atoms with Gasteiger partial charge in [0.05, 0.1) is 5.69 Å². The van der Waals surface area contributed by atoms with Gasteiger partial charge in [-0.05, 0) is 6.07 Å². The molecule has 0 radical (unpaired) electrons. The summed E-state index contributed by atoms with van der Waals surface area (Å²) in [6, 6.07) is 0.536. The molecule has 1 rings (SSSR count). The second-order valence-corrected chi connectivity index (χ2v) is 2.70. The van der Waals surface area contributed by atoms with E-state index < -0.39 is 35.6 Å². The Hall–Kier alpha value is -1.86. The molecular formula is C8H5F4NO3. The van der Waals surface area contributed by atoms with E-state index in [0.717, 1.165) is 0 Å². The first-order valence-corrected chi connectivity index (χ1v) is 3.90. The summed E-state index contributed by atoms with van der Waals surface area (Å²) in [6.45, 7) is -1.17. The van der Waals surface area contributed by atoms with Gasteiger partial charge in [-0.3, -0.25) is 9.59 Å². The Morgan fingerprint density at radius 1 is 1.44 bits per heavy atom. The monoisotopic (exact) mass is 239 g/mol. The van der Waals surface area contributed by atoms with Crippen molar-refractivity contribution >= 4 is 6.29 Å². The number of halogens is 4. The van der Waals surface area contributed by atoms with Crippen LogP contribution in [0.3, 0.4) is 0 Å². The number of aldehydes is 1. The molecule has 0 atom stereocenters. The maximum atomic E-state index is 12.2. The van der Waals surface area contributed by atoms with Crippen LogP contribution in [0, 0.1) is 0 Å². The number of carbonyl (C=O) groups excluding carboxylic acids is 1. The minimum Gasteiger partial charge on any atom is -0.400 e. The minimum atomic E-state index is -5.05. The zero-order valence-electron chi connectivity index (χ0n) is 7.60. The molecule has 0 bridgehead atoms. The second-order valence-electron chi connectivity index (χ2n) is 2.70. The van der Waals surface area contributed by atoms with Crippen molar-refractivity contribution in [1.82, 2.24) is 4.98 Å². The number of hydrogen-bond donors (Lipinski definition) is 1. The average molecular weight is 239 g/mol. The molecule has 0 aliphatic heterocycles. The highest BCUT2D eigenvalue weighted by molar-refractivity contribution is 5.77. The van der Waals surface area contributed by atoms with Crippen molar-refractivity contribution in [2.45, 2.75) is 13.0 Å². The quantitative estimate of drug-likeness (QED) is 0.643. The smallest absolute Gasteiger partial charge is 0.400 e. The van der Waals surface area contributed by atoms with Gasteiger partial charge in [-0.25, -0.2) is 4.39 Å². The van der Waals surface area contributed by atoms with E-state index >= 15 is 0 Å². The van der Waals surface area contributed by atoms with Gasteiger partial charge in [0, 0.05) is 5.56 Å². The van der Waals surface area contributed by atoms with Gasteiger partial charge in [-0.15, -0.1) is 13.2 Å². The zero-order chi connectivity index (χ0) is 12.3. The number of hydrogen-bond acceptors (Lipinski definition) is 3. The van der Waals surface area contributed by atoms with Gasteiger partial charge in [0.1, 0.15) is 6.67 Å². The Kier molecular flexibility index (Phi) is 3.31. The van der Waals surface area contributed by atoms with Crippen molar-refractivity contribution < 1.29 is 27.1 Å². The molecular weight excluding hydrogens is 234 g/mol. The minimum absolute atomic E-state index is 0.119. The third-order valence-corrected chi connectivity index (χ3v) is 1.61. The molecule has 0 spiro atoms. The first-order chi connectivity index (χ1) is 7.37. The summed E-state index contributed by atoms with van der Waals surface area (Å²) in [5, 5.41) is 0. The van der Waals surface area contributed by atoms with Crippen LogP contribution in [0.25, 0.3) is 0 Å². The summed E-state index contributed by atoms with van der Waals surface area (Å²) in [4.78, 5) is 23.2. The van der Waals surface area contributed by atoms with Crippen molar-refractivity contribution in [2.75, 3.05) is 0 Å². The summed E-state index contributed by atoms with van der Waals surface area (Å²) in [5.74, 6) is -1.10. The molecule has 1 heterocycles. The van der Waals surface area contributed by atoms with E-state index in [0.29, 0.717) is 6.07 Å². The predicted octanol–water partition coefficient (Wildman–Crippen LogP) is 1.56. The molecule has 1 aromatic heterocycles. The number of aromatic nitrogens is 1. The highest BCUT2D eigenvalue weighted by Gasteiger charge is 2.32. The SMILES string of the molecule is O=Cc1cc(OC(F)(F)F)c(=O)[nH]c1CF. The molecule has 0 unspecified atom stereocenters. The molecule has 0 saturated heterocycles. The third kappa shape index (κ3) is 2.81. The van der Waals surface area contributed by atoms with Crippen molar-refractivity contribution in [3.8, 4) is 5.75 Å². The topological polar surface area (TPSA) is 59.2 Å². The van der Waals surface area contributed by atoms with Crippen LogP contribution in [0.1, 0.15) is 16.1 Å². The van der Waals surface area contributed by atoms with E-state index in [1.807, 2.05) is 0 Å². The molecule has 88 valence electrons. The third-order valence-electron chi connectivity index (χ3n) is 1.61. The Morgan fingerprint density at radius 2 is 2.06 bits per heavy atom. The van der Waals surface area contributed by atoms with Crippen molar-refractivity contribution in [3.05, 3.63) is 27.7 Å². The number of rotatable bonds is 3. The van der Waals surface area contributed by atoms with Gasteiger partial charge >= 0.3 is 6.36 Å². The normalized spacial score (nSPS) is 11.2. The van der Waals surface area contributed by atoms with Gasteiger partial charge in [-0.1, -0.05) is 0 Å². The van der Waals surface area contributed by atoms with Gasteiger partial charge in [0.15, 0.2) is 12.0 Å². The fraction of sp³-hybridized carbons (Fsp3) is 0.250. The average Bonchev–Trinajstić information content (AvgIpc) is 2.18. The lowest BCUT2D eigenvalue weighted by molar-refractivity contribution is -0.275. The number of carbonyl (C=O) groups is 1. The molecule has 0 fully saturated rings. The van der Waals surface area contributed by atoms with E-state index in [1.54, 1.807) is 4.98 Å². The Balaban J connectivity index is 3.22. The summed E-state index contributed by atoms with van der Waals surface area (Å²) in [5.41, 5.74) is -2.05. The largest absolute Gasteiger partial charge is 0.573 e. The van der Waals surface area contributed by atoms with Crippen molar-refractivity contribution in [1.29, 1.82) is 0 Å². The molecule has 0 saturated carbocycles. The van der Waals surface area contributed by atoms with Crippen molar-refractivity contribution in [2.24, 2.45) is 0 Å². The van der Waals surface area contributed by atoms with E-state index in [4.69, 9.17) is 0 Å². The van der Waals surface area contributed by atoms with Gasteiger partial charge in [-0.2, -0.15) is 0 Å². The number of ether oxygens (including phenoxy) is 1. The Morgan fingerprint density at radius 3 is 2.50 bits per heavy atom. The van der Waals surface area contributed by atoms with Gasteiger partial charge in [0.25, 0.3) is 5.56 Å². The van der Waals surface area contributed by atoms with Gasteiger partial charge < -0.3 is 9.72 Å². The van der Waals surface area contributed by atoms with Crippen LogP contribution in [0.4, 0.5) is 17.6 Å². The zero-order valence-corrected chi connectivity index (χ0v) is 7.60. The van der Waals surface area contributed by atoms with Crippen LogP contribution in [0.2, 0.25) is 0 Å². The highest BCUT2D eigenvalue weighted by Crippen LogP contribution is 2.20. The fourth-order valence-electron chi connectivity index (χ4n) is 0.981. The summed E-state index contributed by atoms with van der Waals surface area (Å²) < 4.78 is 51.0. The first kappa shape index (κ1) is 12.2. The lowest BCUT2D eigenvalue weighted by Gasteiger charge is -2.09. The van der Waals surface area contributed by atoms with Crippen LogP contribution in [-0.2, 0) is 6.67 Å². The van der Waals surface area contributed by atoms with Crippen LogP contribution in [-0.4, -0.2) is 17.6 Å². The van der Waals surface area contributed by atoms with Crippen molar-refractivity contribution in [3.63, 3.8) is 0 Å². The molecule has 1 aromatic rings. The predicted molar refractivity (Wildman–Crippen MR) is 43.9 cm³/mol. The number of H-pyrrole nitrogens is 1. The maximum Gasteiger partial charge on any atom is 0.573 e. The molecule has 1 N–H and O–H groups in total. The number of aromatic amines is 1. The van der Waals surface area contributed by atoms with Crippen LogP contribution < -0.4 is 10.3 Å².